The zero-order valence-corrected chi connectivity index (χ0v) is 13.8. The fraction of sp³-hybridized carbons (Fsp3) is 0. The predicted octanol–water partition coefficient (Wildman–Crippen LogP) is 4.56. The van der Waals surface area contributed by atoms with Crippen molar-refractivity contribution < 1.29 is 0 Å². The molecule has 0 bridgehead atoms. The van der Waals surface area contributed by atoms with Gasteiger partial charge in [0.05, 0.1) is 28.1 Å². The summed E-state index contributed by atoms with van der Waals surface area (Å²) in [4.78, 5) is 8.84. The number of hydrogen-bond acceptors (Lipinski definition) is 6. The van der Waals surface area contributed by atoms with Gasteiger partial charge in [-0.3, -0.25) is 4.98 Å². The number of aromatic nitrogens is 4. The van der Waals surface area contributed by atoms with Crippen LogP contribution in [0.3, 0.4) is 0 Å². The van der Waals surface area contributed by atoms with E-state index in [4.69, 9.17) is 11.6 Å². The van der Waals surface area contributed by atoms with Crippen molar-refractivity contribution in [2.75, 3.05) is 10.6 Å². The van der Waals surface area contributed by atoms with Crippen molar-refractivity contribution in [2.24, 2.45) is 0 Å². The first-order valence-corrected chi connectivity index (χ1v) is 7.99. The molecule has 4 aromatic rings. The highest BCUT2D eigenvalue weighted by molar-refractivity contribution is 6.33. The van der Waals surface area contributed by atoms with Gasteiger partial charge in [-0.25, -0.2) is 0 Å². The van der Waals surface area contributed by atoms with Crippen LogP contribution >= 0.6 is 11.6 Å². The number of nitrogens with one attached hydrogen (secondary N) is 2. The van der Waals surface area contributed by atoms with Crippen LogP contribution in [0.25, 0.3) is 10.9 Å². The molecule has 25 heavy (non-hydrogen) atoms. The monoisotopic (exact) mass is 348 g/mol. The first-order valence-electron chi connectivity index (χ1n) is 7.62. The summed E-state index contributed by atoms with van der Waals surface area (Å²) < 4.78 is 0. The third-order valence-corrected chi connectivity index (χ3v) is 3.90. The SMILES string of the molecule is Clc1ccccc1Nc1cnnc(Nc2cccc3cccnc23)n1. The molecule has 2 N–H and O–H groups in total. The van der Waals surface area contributed by atoms with Crippen molar-refractivity contribution >= 4 is 45.6 Å². The van der Waals surface area contributed by atoms with E-state index in [1.807, 2.05) is 48.5 Å². The minimum Gasteiger partial charge on any atom is -0.338 e. The summed E-state index contributed by atoms with van der Waals surface area (Å²) >= 11 is 6.16. The molecule has 0 aliphatic carbocycles. The summed E-state index contributed by atoms with van der Waals surface area (Å²) in [5.41, 5.74) is 2.41. The van der Waals surface area contributed by atoms with E-state index in [0.29, 0.717) is 16.8 Å². The highest BCUT2D eigenvalue weighted by Gasteiger charge is 2.06. The van der Waals surface area contributed by atoms with Crippen LogP contribution < -0.4 is 10.6 Å². The lowest BCUT2D eigenvalue weighted by atomic mass is 10.2. The van der Waals surface area contributed by atoms with Crippen LogP contribution in [0, 0.1) is 0 Å². The molecule has 6 nitrogen and oxygen atoms in total. The zero-order valence-electron chi connectivity index (χ0n) is 13.0. The van der Waals surface area contributed by atoms with E-state index < -0.39 is 0 Å². The van der Waals surface area contributed by atoms with Crippen molar-refractivity contribution in [1.82, 2.24) is 20.2 Å². The Bertz CT molecular complexity index is 1030. The summed E-state index contributed by atoms with van der Waals surface area (Å²) in [5.74, 6) is 0.911. The van der Waals surface area contributed by atoms with Crippen LogP contribution in [-0.4, -0.2) is 20.2 Å². The molecule has 2 aromatic carbocycles. The van der Waals surface area contributed by atoms with E-state index in [2.05, 4.69) is 30.8 Å². The van der Waals surface area contributed by atoms with Gasteiger partial charge in [-0.2, -0.15) is 10.1 Å². The molecule has 7 heteroatoms. The highest BCUT2D eigenvalue weighted by atomic mass is 35.5. The molecule has 2 aromatic heterocycles. The van der Waals surface area contributed by atoms with Crippen molar-refractivity contribution in [2.45, 2.75) is 0 Å². The Morgan fingerprint density at radius 3 is 2.60 bits per heavy atom. The van der Waals surface area contributed by atoms with E-state index in [0.717, 1.165) is 22.3 Å². The van der Waals surface area contributed by atoms with Gasteiger partial charge in [-0.05, 0) is 24.3 Å². The first-order chi connectivity index (χ1) is 12.3. The van der Waals surface area contributed by atoms with E-state index in [9.17, 15) is 0 Å². The standard InChI is InChI=1S/C18H13ClN6/c19-13-7-1-2-8-14(13)22-16-11-21-25-18(24-16)23-15-9-3-5-12-6-4-10-20-17(12)15/h1-11H,(H2,22,23,24,25). The molecular weight excluding hydrogens is 336 g/mol. The van der Waals surface area contributed by atoms with Gasteiger partial charge in [0.25, 0.3) is 0 Å². The van der Waals surface area contributed by atoms with Crippen LogP contribution in [0.4, 0.5) is 23.1 Å². The lowest BCUT2D eigenvalue weighted by molar-refractivity contribution is 0.983. The third-order valence-electron chi connectivity index (χ3n) is 3.57. The van der Waals surface area contributed by atoms with Crippen LogP contribution in [-0.2, 0) is 0 Å². The predicted molar refractivity (Wildman–Crippen MR) is 99.6 cm³/mol. The van der Waals surface area contributed by atoms with Gasteiger partial charge in [-0.15, -0.1) is 5.10 Å². The van der Waals surface area contributed by atoms with Crippen molar-refractivity contribution in [3.63, 3.8) is 0 Å². The van der Waals surface area contributed by atoms with Crippen LogP contribution in [0.1, 0.15) is 0 Å². The lowest BCUT2D eigenvalue weighted by Crippen LogP contribution is -2.03. The minimum atomic E-state index is 0.371. The number of fused-ring (bicyclic) bond motifs is 1. The Hall–Kier alpha value is -3.25. The maximum atomic E-state index is 6.16. The Kier molecular flexibility index (Phi) is 4.10. The molecule has 0 aliphatic heterocycles. The fourth-order valence-corrected chi connectivity index (χ4v) is 2.63. The maximum Gasteiger partial charge on any atom is 0.249 e. The second-order valence-electron chi connectivity index (χ2n) is 5.28. The lowest BCUT2D eigenvalue weighted by Gasteiger charge is -2.10. The molecule has 0 aliphatic rings. The Morgan fingerprint density at radius 2 is 1.68 bits per heavy atom. The number of para-hydroxylation sites is 2. The smallest absolute Gasteiger partial charge is 0.249 e. The fourth-order valence-electron chi connectivity index (χ4n) is 2.44. The molecule has 0 unspecified atom stereocenters. The average molecular weight is 349 g/mol. The molecule has 0 amide bonds. The van der Waals surface area contributed by atoms with E-state index in [-0.39, 0.29) is 0 Å². The molecule has 0 radical (unpaired) electrons. The van der Waals surface area contributed by atoms with Crippen LogP contribution in [0.15, 0.2) is 67.0 Å². The van der Waals surface area contributed by atoms with Crippen molar-refractivity contribution in [3.8, 4) is 0 Å². The second kappa shape index (κ2) is 6.70. The van der Waals surface area contributed by atoms with Gasteiger partial charge in [0, 0.05) is 11.6 Å². The molecule has 0 fully saturated rings. The highest BCUT2D eigenvalue weighted by Crippen LogP contribution is 2.25. The van der Waals surface area contributed by atoms with E-state index >= 15 is 0 Å². The van der Waals surface area contributed by atoms with Gasteiger partial charge >= 0.3 is 0 Å². The Balaban J connectivity index is 1.62. The molecule has 2 heterocycles. The zero-order chi connectivity index (χ0) is 17.1. The van der Waals surface area contributed by atoms with Gasteiger partial charge in [-0.1, -0.05) is 41.9 Å². The molecule has 0 spiro atoms. The van der Waals surface area contributed by atoms with Gasteiger partial charge in [0.15, 0.2) is 5.82 Å². The molecular formula is C18H13ClN6. The Labute approximate surface area is 148 Å². The average Bonchev–Trinajstić information content (AvgIpc) is 2.64. The summed E-state index contributed by atoms with van der Waals surface area (Å²) in [6, 6.07) is 17.2. The second-order valence-corrected chi connectivity index (χ2v) is 5.68. The number of pyridine rings is 1. The largest absolute Gasteiger partial charge is 0.338 e. The summed E-state index contributed by atoms with van der Waals surface area (Å²) in [7, 11) is 0. The summed E-state index contributed by atoms with van der Waals surface area (Å²) in [5, 5.41) is 16.0. The summed E-state index contributed by atoms with van der Waals surface area (Å²) in [6.07, 6.45) is 3.29. The molecule has 122 valence electrons. The maximum absolute atomic E-state index is 6.16. The summed E-state index contributed by atoms with van der Waals surface area (Å²) in [6.45, 7) is 0. The molecule has 0 saturated carbocycles. The van der Waals surface area contributed by atoms with Crippen LogP contribution in [0.2, 0.25) is 5.02 Å². The normalized spacial score (nSPS) is 10.6. The number of nitrogens with zero attached hydrogens (tertiary/aromatic N) is 4. The van der Waals surface area contributed by atoms with Crippen LogP contribution in [0.5, 0.6) is 0 Å². The quantitative estimate of drug-likeness (QED) is 0.563. The van der Waals surface area contributed by atoms with Crippen molar-refractivity contribution in [3.05, 3.63) is 72.0 Å². The van der Waals surface area contributed by atoms with Gasteiger partial charge in [0.1, 0.15) is 0 Å². The number of benzene rings is 2. The number of hydrogen-bond donors (Lipinski definition) is 2. The first kappa shape index (κ1) is 15.3. The number of anilines is 4. The van der Waals surface area contributed by atoms with E-state index in [1.165, 1.54) is 6.20 Å². The molecule has 0 saturated heterocycles. The van der Waals surface area contributed by atoms with Gasteiger partial charge in [0.2, 0.25) is 5.95 Å². The Morgan fingerprint density at radius 1 is 0.840 bits per heavy atom. The van der Waals surface area contributed by atoms with E-state index in [1.54, 1.807) is 12.3 Å². The number of halogens is 1. The van der Waals surface area contributed by atoms with Crippen molar-refractivity contribution in [1.29, 1.82) is 0 Å². The third kappa shape index (κ3) is 3.34. The number of rotatable bonds is 4. The minimum absolute atomic E-state index is 0.371. The molecule has 4 rings (SSSR count). The topological polar surface area (TPSA) is 75.6 Å². The molecule has 0 atom stereocenters. The van der Waals surface area contributed by atoms with Gasteiger partial charge < -0.3 is 10.6 Å².